The molecule has 11 aromatic rings. The molecule has 11 rings (SSSR count). The SMILES string of the molecule is [2H]c1c([2H])c([2H])c(-c2ccc3ccccc3c2-c2c3c([2H])c([2H])c([2H])c([2H])c3c(-c3ccc4ccc(-c5cccc6oc7ccccc7c56)cc4c3)c3c([2H])c([2H])c([2H])c([2H])c23)c([2H])c1[2H]. The van der Waals surface area contributed by atoms with Crippen molar-refractivity contribution in [2.45, 2.75) is 0 Å². The van der Waals surface area contributed by atoms with Gasteiger partial charge in [-0.3, -0.25) is 0 Å². The monoisotopic (exact) mass is 685 g/mol. The highest BCUT2D eigenvalue weighted by Crippen LogP contribution is 2.48. The van der Waals surface area contributed by atoms with Crippen molar-refractivity contribution in [3.63, 3.8) is 0 Å². The lowest BCUT2D eigenvalue weighted by molar-refractivity contribution is 0.669. The Labute approximate surface area is 325 Å². The molecule has 53 heavy (non-hydrogen) atoms. The maximum Gasteiger partial charge on any atom is 0.136 e. The van der Waals surface area contributed by atoms with Crippen molar-refractivity contribution < 1.29 is 22.2 Å². The van der Waals surface area contributed by atoms with Gasteiger partial charge in [-0.2, -0.15) is 0 Å². The highest BCUT2D eigenvalue weighted by Gasteiger charge is 2.21. The first-order chi connectivity index (χ1) is 31.7. The molecule has 0 aliphatic rings. The second-order valence-corrected chi connectivity index (χ2v) is 13.0. The van der Waals surface area contributed by atoms with Gasteiger partial charge in [0.1, 0.15) is 11.2 Å². The van der Waals surface area contributed by atoms with Crippen molar-refractivity contribution in [3.05, 3.63) is 194 Å². The number of hydrogen-bond acceptors (Lipinski definition) is 1. The second kappa shape index (κ2) is 11.8. The summed E-state index contributed by atoms with van der Waals surface area (Å²) in [6.45, 7) is 0. The van der Waals surface area contributed by atoms with Crippen LogP contribution in [0.25, 0.3) is 110 Å². The van der Waals surface area contributed by atoms with Gasteiger partial charge in [-0.05, 0) is 112 Å². The lowest BCUT2D eigenvalue weighted by Gasteiger charge is -2.21. The van der Waals surface area contributed by atoms with E-state index in [0.717, 1.165) is 43.8 Å². The van der Waals surface area contributed by atoms with Crippen LogP contribution in [0.2, 0.25) is 0 Å². The first-order valence-electron chi connectivity index (χ1n) is 23.7. The highest BCUT2D eigenvalue weighted by molar-refractivity contribution is 6.25. The zero-order valence-electron chi connectivity index (χ0n) is 40.9. The lowest BCUT2D eigenvalue weighted by Crippen LogP contribution is -1.94. The first-order valence-corrected chi connectivity index (χ1v) is 17.2. The van der Waals surface area contributed by atoms with Gasteiger partial charge in [-0.1, -0.05) is 170 Å². The molecule has 0 amide bonds. The second-order valence-electron chi connectivity index (χ2n) is 13.0. The van der Waals surface area contributed by atoms with Crippen LogP contribution < -0.4 is 0 Å². The number of hydrogen-bond donors (Lipinski definition) is 0. The standard InChI is InChI=1S/C52H32O/c1-2-13-34(14-3-1)41-30-29-35-15-4-5-16-39(35)51(41)52-44-19-8-6-17-42(44)49(43-18-7-9-20-45(43)52)37-28-26-33-25-27-36(31-38(33)32-37)40-22-12-24-48-50(40)46-21-10-11-23-47(46)53-48/h1-32H/i1D,2D,3D,6D,7D,8D,9D,13D,14D,17D,18D,19D,20D. The Balaban J connectivity index is 1.32. The van der Waals surface area contributed by atoms with Crippen LogP contribution in [0.15, 0.2) is 198 Å². The fraction of sp³-hybridized carbons (Fsp3) is 0. The molecule has 0 fully saturated rings. The van der Waals surface area contributed by atoms with E-state index in [1.54, 1.807) is 42.5 Å². The molecule has 1 heterocycles. The number of benzene rings is 10. The Morgan fingerprint density at radius 2 is 0.943 bits per heavy atom. The molecule has 0 spiro atoms. The van der Waals surface area contributed by atoms with Crippen LogP contribution in [0.1, 0.15) is 17.8 Å². The third-order valence-corrected chi connectivity index (χ3v) is 10.2. The van der Waals surface area contributed by atoms with Gasteiger partial charge in [0.15, 0.2) is 0 Å². The van der Waals surface area contributed by atoms with Gasteiger partial charge in [0.25, 0.3) is 0 Å². The Morgan fingerprint density at radius 3 is 1.72 bits per heavy atom. The Hall–Kier alpha value is -6.96. The number of fused-ring (bicyclic) bond motifs is 7. The van der Waals surface area contributed by atoms with Crippen molar-refractivity contribution in [1.29, 1.82) is 0 Å². The summed E-state index contributed by atoms with van der Waals surface area (Å²) in [6, 6.07) is 28.6. The van der Waals surface area contributed by atoms with E-state index in [-0.39, 0.29) is 49.4 Å². The van der Waals surface area contributed by atoms with Gasteiger partial charge in [0.05, 0.1) is 17.8 Å². The van der Waals surface area contributed by atoms with Crippen LogP contribution in [0.4, 0.5) is 0 Å². The van der Waals surface area contributed by atoms with Crippen molar-refractivity contribution >= 4 is 65.0 Å². The van der Waals surface area contributed by atoms with Gasteiger partial charge in [-0.15, -0.1) is 0 Å². The maximum atomic E-state index is 9.65. The molecule has 10 aromatic carbocycles. The third kappa shape index (κ3) is 4.64. The summed E-state index contributed by atoms with van der Waals surface area (Å²) in [7, 11) is 0. The van der Waals surface area contributed by atoms with Gasteiger partial charge in [-0.25, -0.2) is 0 Å². The molecular formula is C52H32O. The molecule has 0 aliphatic carbocycles. The van der Waals surface area contributed by atoms with Gasteiger partial charge < -0.3 is 4.42 Å². The van der Waals surface area contributed by atoms with E-state index in [4.69, 9.17) is 16.8 Å². The van der Waals surface area contributed by atoms with Crippen LogP contribution >= 0.6 is 0 Å². The molecule has 1 aromatic heterocycles. The zero-order valence-corrected chi connectivity index (χ0v) is 27.9. The molecule has 1 nitrogen and oxygen atoms in total. The molecule has 0 bridgehead atoms. The smallest absolute Gasteiger partial charge is 0.136 e. The summed E-state index contributed by atoms with van der Waals surface area (Å²) in [5.41, 5.74) is 3.97. The Bertz CT molecular complexity index is 3880. The van der Waals surface area contributed by atoms with E-state index >= 15 is 0 Å². The molecule has 0 saturated heterocycles. The largest absolute Gasteiger partial charge is 0.456 e. The molecule has 0 aliphatic heterocycles. The van der Waals surface area contributed by atoms with Crippen LogP contribution in [0.5, 0.6) is 0 Å². The first kappa shape index (κ1) is 19.6. The summed E-state index contributed by atoms with van der Waals surface area (Å²) < 4.78 is 125. The van der Waals surface area contributed by atoms with E-state index in [1.807, 2.05) is 72.8 Å². The van der Waals surface area contributed by atoms with Crippen molar-refractivity contribution in [1.82, 2.24) is 0 Å². The summed E-state index contributed by atoms with van der Waals surface area (Å²) >= 11 is 0. The summed E-state index contributed by atoms with van der Waals surface area (Å²) in [6.07, 6.45) is 0. The quantitative estimate of drug-likeness (QED) is 0.168. The molecule has 0 unspecified atom stereocenters. The third-order valence-electron chi connectivity index (χ3n) is 10.2. The minimum Gasteiger partial charge on any atom is -0.456 e. The van der Waals surface area contributed by atoms with E-state index in [0.29, 0.717) is 16.3 Å². The fourth-order valence-corrected chi connectivity index (χ4v) is 7.88. The highest BCUT2D eigenvalue weighted by atomic mass is 16.3. The van der Waals surface area contributed by atoms with Crippen LogP contribution in [0, 0.1) is 0 Å². The van der Waals surface area contributed by atoms with E-state index in [9.17, 15) is 5.48 Å². The lowest BCUT2D eigenvalue weighted by atomic mass is 9.82. The average Bonchev–Trinajstić information content (AvgIpc) is 3.73. The van der Waals surface area contributed by atoms with Gasteiger partial charge >= 0.3 is 0 Å². The maximum absolute atomic E-state index is 9.65. The van der Waals surface area contributed by atoms with Crippen molar-refractivity contribution in [3.8, 4) is 44.5 Å². The molecule has 0 N–H and O–H groups in total. The predicted molar refractivity (Wildman–Crippen MR) is 225 cm³/mol. The Morgan fingerprint density at radius 1 is 0.340 bits per heavy atom. The molecule has 246 valence electrons. The van der Waals surface area contributed by atoms with Crippen LogP contribution in [-0.2, 0) is 0 Å². The Kier molecular flexibility index (Phi) is 4.36. The summed E-state index contributed by atoms with van der Waals surface area (Å²) in [5, 5.41) is 4.42. The minimum absolute atomic E-state index is 0.00451. The van der Waals surface area contributed by atoms with E-state index in [1.165, 1.54) is 0 Å². The number of furan rings is 1. The van der Waals surface area contributed by atoms with Gasteiger partial charge in [0, 0.05) is 10.8 Å². The predicted octanol–water partition coefficient (Wildman–Crippen LogP) is 14.9. The fourth-order valence-electron chi connectivity index (χ4n) is 7.88. The number of rotatable bonds is 4. The molecule has 1 heteroatoms. The normalized spacial score (nSPS) is 15.2. The zero-order chi connectivity index (χ0) is 46.2. The summed E-state index contributed by atoms with van der Waals surface area (Å²) in [5.74, 6) is 0. The number of para-hydroxylation sites is 1. The average molecular weight is 686 g/mol. The van der Waals surface area contributed by atoms with Gasteiger partial charge in [0.2, 0.25) is 0 Å². The van der Waals surface area contributed by atoms with Crippen LogP contribution in [-0.4, -0.2) is 0 Å². The summed E-state index contributed by atoms with van der Waals surface area (Å²) in [4.78, 5) is 0. The molecule has 0 atom stereocenters. The molecule has 0 saturated carbocycles. The molecular weight excluding hydrogens is 641 g/mol. The topological polar surface area (TPSA) is 13.1 Å². The van der Waals surface area contributed by atoms with E-state index < -0.39 is 78.6 Å². The van der Waals surface area contributed by atoms with Crippen LogP contribution in [0.3, 0.4) is 0 Å². The van der Waals surface area contributed by atoms with Crippen molar-refractivity contribution in [2.75, 3.05) is 0 Å². The molecule has 0 radical (unpaired) electrons. The van der Waals surface area contributed by atoms with E-state index in [2.05, 4.69) is 0 Å². The van der Waals surface area contributed by atoms with Crippen molar-refractivity contribution in [2.24, 2.45) is 0 Å². The minimum atomic E-state index is -0.603.